The number of carbonyl (C=O) groups excluding carboxylic acids is 1. The predicted octanol–water partition coefficient (Wildman–Crippen LogP) is 3.33. The lowest BCUT2D eigenvalue weighted by Crippen LogP contribution is -1.99. The molecular formula is C18H16O5. The summed E-state index contributed by atoms with van der Waals surface area (Å²) >= 11 is 0. The van der Waals surface area contributed by atoms with E-state index in [1.807, 2.05) is 0 Å². The van der Waals surface area contributed by atoms with Gasteiger partial charge in [-0.05, 0) is 36.4 Å². The summed E-state index contributed by atoms with van der Waals surface area (Å²) in [5.41, 5.74) is 1.22. The van der Waals surface area contributed by atoms with E-state index < -0.39 is 0 Å². The lowest BCUT2D eigenvalue weighted by Gasteiger charge is -2.08. The number of hydrogen-bond acceptors (Lipinski definition) is 5. The number of rotatable bonds is 4. The van der Waals surface area contributed by atoms with Gasteiger partial charge in [0.1, 0.15) is 23.0 Å². The van der Waals surface area contributed by atoms with E-state index in [4.69, 9.17) is 18.9 Å². The maximum atomic E-state index is 12.4. The minimum Gasteiger partial charge on any atom is -0.497 e. The second-order valence-corrected chi connectivity index (χ2v) is 4.91. The normalized spacial score (nSPS) is 14.4. The zero-order valence-electron chi connectivity index (χ0n) is 13.1. The van der Waals surface area contributed by atoms with E-state index in [9.17, 15) is 4.79 Å². The fourth-order valence-electron chi connectivity index (χ4n) is 2.39. The molecule has 0 N–H and O–H groups in total. The van der Waals surface area contributed by atoms with Gasteiger partial charge in [-0.1, -0.05) is 0 Å². The van der Waals surface area contributed by atoms with Crippen LogP contribution in [-0.4, -0.2) is 27.1 Å². The van der Waals surface area contributed by atoms with Gasteiger partial charge in [-0.3, -0.25) is 4.79 Å². The summed E-state index contributed by atoms with van der Waals surface area (Å²) in [7, 11) is 4.72. The van der Waals surface area contributed by atoms with Crippen LogP contribution in [-0.2, 0) is 0 Å². The highest BCUT2D eigenvalue weighted by Crippen LogP contribution is 2.36. The highest BCUT2D eigenvalue weighted by atomic mass is 16.5. The Morgan fingerprint density at radius 1 is 0.913 bits per heavy atom. The average molecular weight is 312 g/mol. The third kappa shape index (κ3) is 2.73. The number of allylic oxidation sites excluding steroid dienone is 1. The molecule has 2 aromatic rings. The fourth-order valence-corrected chi connectivity index (χ4v) is 2.39. The summed E-state index contributed by atoms with van der Waals surface area (Å²) < 4.78 is 21.3. The molecule has 0 fully saturated rings. The second-order valence-electron chi connectivity index (χ2n) is 4.91. The van der Waals surface area contributed by atoms with Crippen molar-refractivity contribution in [2.75, 3.05) is 21.3 Å². The van der Waals surface area contributed by atoms with Crippen LogP contribution >= 0.6 is 0 Å². The van der Waals surface area contributed by atoms with Crippen LogP contribution in [0.2, 0.25) is 0 Å². The molecule has 0 radical (unpaired) electrons. The molecule has 0 amide bonds. The lowest BCUT2D eigenvalue weighted by molar-refractivity contribution is 0.101. The van der Waals surface area contributed by atoms with Crippen molar-refractivity contribution in [3.63, 3.8) is 0 Å². The van der Waals surface area contributed by atoms with E-state index >= 15 is 0 Å². The molecule has 0 saturated carbocycles. The molecule has 3 rings (SSSR count). The highest BCUT2D eigenvalue weighted by molar-refractivity contribution is 6.14. The first-order valence-corrected chi connectivity index (χ1v) is 7.00. The molecule has 1 aliphatic rings. The summed E-state index contributed by atoms with van der Waals surface area (Å²) in [5, 5.41) is 0. The number of ether oxygens (including phenoxy) is 4. The van der Waals surface area contributed by atoms with Gasteiger partial charge in [0.05, 0.1) is 26.9 Å². The first-order valence-electron chi connectivity index (χ1n) is 7.00. The Labute approximate surface area is 134 Å². The Morgan fingerprint density at radius 2 is 1.61 bits per heavy atom. The zero-order valence-corrected chi connectivity index (χ0v) is 13.1. The number of carbonyl (C=O) groups is 1. The first kappa shape index (κ1) is 15.0. The Kier molecular flexibility index (Phi) is 3.93. The van der Waals surface area contributed by atoms with Gasteiger partial charge in [-0.25, -0.2) is 0 Å². The van der Waals surface area contributed by atoms with E-state index in [2.05, 4.69) is 0 Å². The molecule has 5 nitrogen and oxygen atoms in total. The van der Waals surface area contributed by atoms with E-state index in [0.717, 1.165) is 0 Å². The minimum absolute atomic E-state index is 0.174. The maximum absolute atomic E-state index is 12.4. The van der Waals surface area contributed by atoms with Crippen molar-refractivity contribution >= 4 is 11.9 Å². The van der Waals surface area contributed by atoms with Gasteiger partial charge >= 0.3 is 0 Å². The molecule has 23 heavy (non-hydrogen) atoms. The molecular weight excluding hydrogens is 296 g/mol. The quantitative estimate of drug-likeness (QED) is 0.811. The van der Waals surface area contributed by atoms with Crippen molar-refractivity contribution in [2.45, 2.75) is 0 Å². The van der Waals surface area contributed by atoms with Crippen LogP contribution in [0.1, 0.15) is 15.9 Å². The van der Waals surface area contributed by atoms with Crippen LogP contribution in [0, 0.1) is 0 Å². The summed E-state index contributed by atoms with van der Waals surface area (Å²) in [5.74, 6) is 2.48. The Hall–Kier alpha value is -2.95. The zero-order chi connectivity index (χ0) is 16.4. The van der Waals surface area contributed by atoms with Crippen LogP contribution < -0.4 is 18.9 Å². The van der Waals surface area contributed by atoms with Crippen LogP contribution in [0.3, 0.4) is 0 Å². The average Bonchev–Trinajstić information content (AvgIpc) is 2.90. The van der Waals surface area contributed by atoms with Gasteiger partial charge in [0.25, 0.3) is 0 Å². The van der Waals surface area contributed by atoms with Crippen LogP contribution in [0.4, 0.5) is 0 Å². The largest absolute Gasteiger partial charge is 0.497 e. The van der Waals surface area contributed by atoms with Crippen LogP contribution in [0.25, 0.3) is 6.08 Å². The third-order valence-electron chi connectivity index (χ3n) is 3.60. The molecule has 2 aromatic carbocycles. The lowest BCUT2D eigenvalue weighted by atomic mass is 10.1. The summed E-state index contributed by atoms with van der Waals surface area (Å²) in [4.78, 5) is 12.4. The van der Waals surface area contributed by atoms with Gasteiger partial charge in [0.2, 0.25) is 5.78 Å². The van der Waals surface area contributed by atoms with Crippen molar-refractivity contribution < 1.29 is 23.7 Å². The van der Waals surface area contributed by atoms with Gasteiger partial charge in [-0.15, -0.1) is 0 Å². The summed E-state index contributed by atoms with van der Waals surface area (Å²) in [6.45, 7) is 0. The smallest absolute Gasteiger partial charge is 0.231 e. The van der Waals surface area contributed by atoms with Gasteiger partial charge in [0, 0.05) is 11.6 Å². The molecule has 0 aromatic heterocycles. The van der Waals surface area contributed by atoms with Crippen LogP contribution in [0.15, 0.2) is 42.2 Å². The Bertz CT molecular complexity index is 792. The maximum Gasteiger partial charge on any atom is 0.231 e. The Morgan fingerprint density at radius 3 is 2.30 bits per heavy atom. The second kappa shape index (κ2) is 6.04. The van der Waals surface area contributed by atoms with Crippen molar-refractivity contribution in [3.05, 3.63) is 53.3 Å². The molecule has 1 aliphatic heterocycles. The van der Waals surface area contributed by atoms with Crippen molar-refractivity contribution in [1.29, 1.82) is 0 Å². The van der Waals surface area contributed by atoms with Gasteiger partial charge in [0.15, 0.2) is 5.76 Å². The number of ketones is 1. The van der Waals surface area contributed by atoms with E-state index in [-0.39, 0.29) is 11.5 Å². The van der Waals surface area contributed by atoms with E-state index in [1.165, 1.54) is 0 Å². The number of fused-ring (bicyclic) bond motifs is 1. The number of hydrogen-bond donors (Lipinski definition) is 0. The van der Waals surface area contributed by atoms with Crippen molar-refractivity contribution in [1.82, 2.24) is 0 Å². The standard InChI is InChI=1S/C18H16O5/c1-20-12-5-7-15(22-3)11(8-12)9-17-18(19)14-6-4-13(21-2)10-16(14)23-17/h4-10H,1-3H3/b17-9+. The molecule has 0 aliphatic carbocycles. The molecule has 0 saturated heterocycles. The number of Topliss-reactive ketones (excluding diaryl/α,β-unsaturated/α-hetero) is 1. The van der Waals surface area contributed by atoms with Crippen molar-refractivity contribution in [2.24, 2.45) is 0 Å². The van der Waals surface area contributed by atoms with E-state index in [1.54, 1.807) is 63.8 Å². The first-order chi connectivity index (χ1) is 11.2. The monoisotopic (exact) mass is 312 g/mol. The molecule has 0 unspecified atom stereocenters. The minimum atomic E-state index is -0.174. The molecule has 0 atom stereocenters. The SMILES string of the molecule is COc1ccc(OC)c(/C=C2/Oc3cc(OC)ccc3C2=O)c1. The summed E-state index contributed by atoms with van der Waals surface area (Å²) in [6, 6.07) is 10.5. The number of benzene rings is 2. The fraction of sp³-hybridized carbons (Fsp3) is 0.167. The third-order valence-corrected chi connectivity index (χ3v) is 3.60. The van der Waals surface area contributed by atoms with Crippen LogP contribution in [0.5, 0.6) is 23.0 Å². The molecule has 0 spiro atoms. The molecule has 118 valence electrons. The summed E-state index contributed by atoms with van der Waals surface area (Å²) in [6.07, 6.45) is 1.65. The topological polar surface area (TPSA) is 54.0 Å². The molecule has 1 heterocycles. The van der Waals surface area contributed by atoms with Gasteiger partial charge in [-0.2, -0.15) is 0 Å². The Balaban J connectivity index is 2.00. The highest BCUT2D eigenvalue weighted by Gasteiger charge is 2.28. The number of methoxy groups -OCH3 is 3. The molecule has 5 heteroatoms. The van der Waals surface area contributed by atoms with Crippen molar-refractivity contribution in [3.8, 4) is 23.0 Å². The predicted molar refractivity (Wildman–Crippen MR) is 85.5 cm³/mol. The molecule has 0 bridgehead atoms. The van der Waals surface area contributed by atoms with Gasteiger partial charge < -0.3 is 18.9 Å². The van der Waals surface area contributed by atoms with E-state index in [0.29, 0.717) is 34.1 Å².